The van der Waals surface area contributed by atoms with Crippen LogP contribution < -0.4 is 75.2 Å². The molecule has 0 radical (unpaired) electrons. The number of aliphatic hydroxyl groups is 4. The summed E-state index contributed by atoms with van der Waals surface area (Å²) in [6.07, 6.45) is 9.12. The number of methoxy groups -OCH3 is 2. The van der Waals surface area contributed by atoms with Gasteiger partial charge >= 0.3 is 69.4 Å². The average Bonchev–Trinajstić information content (AvgIpc) is 1.57. The number of carbonyl (C=O) groups excluding carboxylic acids is 7. The molecule has 130 heavy (non-hydrogen) atoms. The maximum absolute atomic E-state index is 14.0. The molecule has 8 atom stereocenters. The maximum Gasteiger partial charge on any atom is 1.00 e. The number of aliphatic hydroxyl groups excluding tert-OH is 4. The van der Waals surface area contributed by atoms with Gasteiger partial charge in [0.1, 0.15) is 44.9 Å². The number of nitrogens with zero attached hydrogens (tertiary/aromatic N) is 12. The number of aliphatic imine (C=N–C) groups is 1. The van der Waals surface area contributed by atoms with Gasteiger partial charge in [-0.15, -0.1) is 0 Å². The monoisotopic (exact) mass is 2000 g/mol. The summed E-state index contributed by atoms with van der Waals surface area (Å²) in [5.41, 5.74) is 2.75. The summed E-state index contributed by atoms with van der Waals surface area (Å²) in [6.45, 7) is 26.3. The largest absolute Gasteiger partial charge is 1.00 e. The fourth-order valence-electron chi connectivity index (χ4n) is 11.1. The maximum atomic E-state index is 14.0. The Hall–Kier alpha value is -8.02. The van der Waals surface area contributed by atoms with E-state index in [-0.39, 0.29) is 187 Å². The second kappa shape index (κ2) is 62.5. The van der Waals surface area contributed by atoms with Crippen LogP contribution in [0, 0.1) is 40.5 Å². The molecule has 48 heteroatoms. The van der Waals surface area contributed by atoms with Crippen LogP contribution in [0.15, 0.2) is 147 Å². The minimum atomic E-state index is -1.44. The van der Waals surface area contributed by atoms with Crippen molar-refractivity contribution in [1.82, 2.24) is 29.7 Å². The topological polar surface area (TPSA) is 511 Å². The number of hydrogen-bond donors (Lipinski definition) is 5. The Bertz CT molecular complexity index is 4680. The molecule has 4 N–H and O–H groups in total. The first-order valence-corrected chi connectivity index (χ1v) is 48.2. The zero-order valence-electron chi connectivity index (χ0n) is 73.6. The molecule has 2 aromatic carbocycles. The Morgan fingerprint density at radius 3 is 1.41 bits per heavy atom. The van der Waals surface area contributed by atoms with Gasteiger partial charge < -0.3 is 80.8 Å². The van der Waals surface area contributed by atoms with Crippen molar-refractivity contribution in [3.8, 4) is 23.0 Å². The van der Waals surface area contributed by atoms with E-state index in [1.165, 1.54) is 172 Å². The first kappa shape index (κ1) is 116. The van der Waals surface area contributed by atoms with E-state index >= 15 is 0 Å². The van der Waals surface area contributed by atoms with Crippen LogP contribution in [-0.4, -0.2) is 235 Å². The predicted molar refractivity (Wildman–Crippen MR) is 504 cm³/mol. The summed E-state index contributed by atoms with van der Waals surface area (Å²) < 4.78 is 38.5. The van der Waals surface area contributed by atoms with Gasteiger partial charge in [-0.2, -0.15) is 12.6 Å². The minimum Gasteiger partial charge on any atom is -0.742 e. The Balaban J connectivity index is 0.000000513. The van der Waals surface area contributed by atoms with Crippen molar-refractivity contribution >= 4 is 182 Å². The number of rotatable bonds is 37. The van der Waals surface area contributed by atoms with E-state index in [1.807, 2.05) is 27.7 Å². The summed E-state index contributed by atoms with van der Waals surface area (Å²) >= 11 is 9.17. The van der Waals surface area contributed by atoms with Crippen LogP contribution in [0.3, 0.4) is 0 Å². The fourth-order valence-corrected chi connectivity index (χ4v) is 17.8. The number of thioether (sulfide) groups is 1. The van der Waals surface area contributed by atoms with Gasteiger partial charge in [0.25, 0.3) is 34.6 Å². The van der Waals surface area contributed by atoms with E-state index < -0.39 is 44.2 Å². The number of anilines is 1. The van der Waals surface area contributed by atoms with Crippen LogP contribution >= 0.6 is 89.2 Å². The standard InChI is InChI=1S/C43H48N6O11S2.C10H6N4O4S2.C9H12N2O3S2.C8H14O3S.C6H12O3.C4H10OS.C2H4OS.K/c1-25-15-29-22-44-32-19-37(35(56-4)17-30(32)40(50)46(29)23-25)58-12-7-6-8-13-59-38-20-33-31(18-36(38)57-5)41(51)47-24-26(2)16-34(47)42(52)48(33)43(53)60-14-11-27(3)61-62-39-10-9-28(21-45-39)49(54)55;15-13(16)7-1-3-9(11-5-7)19-20-10-4-2-8(6-12-10)14(17)18;1-7(4-5-12)15-16-9-3-2-8(6-10-9)11(13)14;1-4-11-8(10)5-6(2)12-7(3)9;1-3-9-6(8)4-5(2)7;1-4(6)2-3-5;1-2(3)4;/h9-10,17-22,27,29,34,42,52H,1-2,6-8,11-16,23-24H2,3-5H3;1-6H;2-3,6-7,12H,4-5H2,1H3;6H,4-5H2,1-3H3;5,7H,3-4H2,1-2H3;4-6H,2-3H2,1H3;1H3,(H,3,4);/q;;;;;;;+1/p-1/t27-,29+,34+,42+;;7-;6-;5-;4-;;/m1.1101../s1. The number of unbranched alkanes of at least 4 members (excludes halogenated alkanes) is 2. The van der Waals surface area contributed by atoms with Gasteiger partial charge in [-0.3, -0.25) is 69.4 Å². The van der Waals surface area contributed by atoms with Crippen molar-refractivity contribution in [3.05, 3.63) is 173 Å². The van der Waals surface area contributed by atoms with Crippen molar-refractivity contribution in [3.63, 3.8) is 0 Å². The third-order valence-electron chi connectivity index (χ3n) is 17.1. The van der Waals surface area contributed by atoms with Gasteiger partial charge in [0, 0.05) is 102 Å². The Kier molecular flexibility index (Phi) is 55.8. The normalized spacial score (nSPS) is 15.3. The van der Waals surface area contributed by atoms with Crippen LogP contribution in [0.25, 0.3) is 0 Å². The molecule has 0 saturated carbocycles. The quantitative estimate of drug-likeness (QED) is 0.00231. The minimum absolute atomic E-state index is 0. The number of nitro groups is 4. The first-order valence-electron chi connectivity index (χ1n) is 39.8. The fraction of sp³-hybridized carbons (Fsp3) is 0.463. The molecule has 4 aliphatic rings. The number of benzene rings is 2. The number of fused-ring (bicyclic) bond motifs is 4. The summed E-state index contributed by atoms with van der Waals surface area (Å²) in [5, 5.41) is 82.5. The molecule has 0 unspecified atom stereocenters. The van der Waals surface area contributed by atoms with Crippen LogP contribution in [0.4, 0.5) is 38.9 Å². The Labute approximate surface area is 834 Å². The average molecular weight is 2000 g/mol. The number of esters is 2. The predicted octanol–water partition coefficient (Wildman–Crippen LogP) is 12.7. The number of aromatic nitrogens is 4. The molecule has 2 fully saturated rings. The van der Waals surface area contributed by atoms with Crippen molar-refractivity contribution < 1.29 is 158 Å². The zero-order chi connectivity index (χ0) is 96.0. The summed E-state index contributed by atoms with van der Waals surface area (Å²) in [7, 11) is 11.4. The van der Waals surface area contributed by atoms with Crippen molar-refractivity contribution in [2.24, 2.45) is 4.99 Å². The van der Waals surface area contributed by atoms with Crippen molar-refractivity contribution in [1.29, 1.82) is 0 Å². The number of hydrogen-bond acceptors (Lipinski definition) is 40. The number of pyridine rings is 4. The Morgan fingerprint density at radius 1 is 0.577 bits per heavy atom. The molecular weight excluding hydrogens is 1900 g/mol. The van der Waals surface area contributed by atoms with E-state index in [2.05, 4.69) is 68.1 Å². The van der Waals surface area contributed by atoms with E-state index in [4.69, 9.17) is 43.7 Å². The molecule has 8 heterocycles. The van der Waals surface area contributed by atoms with Crippen molar-refractivity contribution in [2.75, 3.05) is 78.5 Å². The van der Waals surface area contributed by atoms with Gasteiger partial charge in [0.05, 0.1) is 120 Å². The van der Waals surface area contributed by atoms with Gasteiger partial charge in [-0.1, -0.05) is 85.3 Å². The van der Waals surface area contributed by atoms with Crippen LogP contribution in [0.5, 0.6) is 23.0 Å². The molecule has 0 bridgehead atoms. The van der Waals surface area contributed by atoms with Gasteiger partial charge in [-0.25, -0.2) is 29.6 Å². The van der Waals surface area contributed by atoms with E-state index in [9.17, 15) is 79.1 Å². The van der Waals surface area contributed by atoms with Gasteiger partial charge in [-0.05, 0) is 159 Å². The second-order valence-corrected chi connectivity index (χ2v) is 38.5. The van der Waals surface area contributed by atoms with E-state index in [1.54, 1.807) is 66.9 Å². The first-order chi connectivity index (χ1) is 61.3. The summed E-state index contributed by atoms with van der Waals surface area (Å²) in [5.74, 6) is 0.412. The smallest absolute Gasteiger partial charge is 0.742 e. The zero-order valence-corrected chi connectivity index (χ0v) is 84.2. The van der Waals surface area contributed by atoms with Gasteiger partial charge in [0.2, 0.25) is 0 Å². The molecular formula is C82H105KN12O26S9. The van der Waals surface area contributed by atoms with Crippen LogP contribution in [0.2, 0.25) is 0 Å². The molecule has 2 saturated heterocycles. The molecule has 704 valence electrons. The summed E-state index contributed by atoms with van der Waals surface area (Å²) in [6, 6.07) is 17.4. The number of thiol groups is 1. The molecule has 38 nitrogen and oxygen atoms in total. The number of ether oxygens (including phenoxy) is 7. The number of carbonyl (C=O) groups is 7. The van der Waals surface area contributed by atoms with Crippen LogP contribution in [0.1, 0.15) is 147 Å². The van der Waals surface area contributed by atoms with Crippen LogP contribution in [-0.2, 0) is 46.0 Å². The van der Waals surface area contributed by atoms with E-state index in [0.29, 0.717) is 113 Å². The second-order valence-electron chi connectivity index (χ2n) is 27.9. The molecule has 6 aromatic rings. The third kappa shape index (κ3) is 42.5. The number of amides is 3. The molecule has 10 rings (SSSR count). The SMILES string of the molecule is C=C1C[C@H]2C=Nc3cc(OCCCCCOc4cc5c(cc4OC)C(=O)N4CC(=C)C[C@H]4[C@H](O)N5C(=O)OCC[C@@H](C)SSc4ccc([N+](=O)[O-])cn4)c(OC)cc3C(=O)N2C1.CC(=O)[S-].CCOC(=O)C[C@@H](C)SC(C)=O.CCOC(=O)C[C@H](C)O.C[C@@H](S)CCO.C[C@H](CCO)SSc1ccc([N+](=O)[O-])cn1.O=[N+]([O-])c1ccc(SSc2ccc([N+](=O)[O-])cn2)nc1.[K+]. The van der Waals surface area contributed by atoms with Gasteiger partial charge in [0.15, 0.2) is 34.3 Å². The van der Waals surface area contributed by atoms with Crippen molar-refractivity contribution in [2.45, 2.75) is 192 Å². The molecule has 3 amide bonds. The summed E-state index contributed by atoms with van der Waals surface area (Å²) in [4.78, 5) is 148. The molecule has 4 aliphatic heterocycles. The van der Waals surface area contributed by atoms with E-state index in [0.717, 1.165) is 40.3 Å². The molecule has 0 spiro atoms. The molecule has 0 aliphatic carbocycles. The molecule has 4 aromatic heterocycles. The third-order valence-corrected chi connectivity index (χ3v) is 26.2. The Morgan fingerprint density at radius 2 is 1.00 bits per heavy atom.